The van der Waals surface area contributed by atoms with E-state index in [4.69, 9.17) is 4.99 Å². The minimum Gasteiger partial charge on any atom is -0.335 e. The van der Waals surface area contributed by atoms with Gasteiger partial charge in [0.25, 0.3) is 0 Å². The van der Waals surface area contributed by atoms with Crippen LogP contribution in [0.4, 0.5) is 5.69 Å². The van der Waals surface area contributed by atoms with Gasteiger partial charge in [-0.15, -0.1) is 0 Å². The van der Waals surface area contributed by atoms with E-state index in [2.05, 4.69) is 76.1 Å². The molecule has 3 aliphatic rings. The average Bonchev–Trinajstić information content (AvgIpc) is 3.26. The molecule has 2 aromatic carbocycles. The van der Waals surface area contributed by atoms with E-state index >= 15 is 0 Å². The highest BCUT2D eigenvalue weighted by Gasteiger charge is 2.32. The van der Waals surface area contributed by atoms with Crippen LogP contribution in [0.15, 0.2) is 69.6 Å². The van der Waals surface area contributed by atoms with Gasteiger partial charge in [-0.1, -0.05) is 71.6 Å². The molecule has 142 valence electrons. The Kier molecular flexibility index (Phi) is 4.91. The second-order valence-electron chi connectivity index (χ2n) is 7.29. The van der Waals surface area contributed by atoms with Gasteiger partial charge in [0, 0.05) is 23.7 Å². The van der Waals surface area contributed by atoms with Gasteiger partial charge in [0.1, 0.15) is 0 Å². The normalized spacial score (nSPS) is 20.1. The van der Waals surface area contributed by atoms with Gasteiger partial charge in [0.05, 0.1) is 12.6 Å². The lowest BCUT2D eigenvalue weighted by molar-refractivity contribution is 0.512. The molecule has 0 radical (unpaired) electrons. The minimum absolute atomic E-state index is 0.343. The summed E-state index contributed by atoms with van der Waals surface area (Å²) in [6.07, 6.45) is 1.01. The van der Waals surface area contributed by atoms with E-state index in [-0.39, 0.29) is 0 Å². The third-order valence-electron chi connectivity index (χ3n) is 5.13. The Bertz CT molecular complexity index is 996. The van der Waals surface area contributed by atoms with Gasteiger partial charge in [0.15, 0.2) is 10.3 Å². The van der Waals surface area contributed by atoms with Crippen LogP contribution in [0.2, 0.25) is 0 Å². The van der Waals surface area contributed by atoms with Gasteiger partial charge < -0.3 is 10.2 Å². The Morgan fingerprint density at radius 2 is 2.14 bits per heavy atom. The maximum atomic E-state index is 4.95. The maximum Gasteiger partial charge on any atom is 0.168 e. The molecular formula is C22H22N4S2. The lowest BCUT2D eigenvalue weighted by Gasteiger charge is -2.20. The predicted octanol–water partition coefficient (Wildman–Crippen LogP) is 4.88. The molecule has 0 saturated heterocycles. The van der Waals surface area contributed by atoms with Crippen LogP contribution in [0.25, 0.3) is 0 Å². The smallest absolute Gasteiger partial charge is 0.168 e. The quantitative estimate of drug-likeness (QED) is 0.785. The van der Waals surface area contributed by atoms with Crippen LogP contribution in [0, 0.1) is 6.92 Å². The van der Waals surface area contributed by atoms with E-state index in [9.17, 15) is 0 Å². The average molecular weight is 407 g/mol. The maximum absolute atomic E-state index is 4.95. The summed E-state index contributed by atoms with van der Waals surface area (Å²) >= 11 is 3.53. The Labute approximate surface area is 174 Å². The molecule has 1 N–H and O–H groups in total. The molecule has 0 spiro atoms. The van der Waals surface area contributed by atoms with Gasteiger partial charge in [-0.2, -0.15) is 0 Å². The highest BCUT2D eigenvalue weighted by atomic mass is 32.2. The highest BCUT2D eigenvalue weighted by molar-refractivity contribution is 8.17. The summed E-state index contributed by atoms with van der Waals surface area (Å²) in [4.78, 5) is 12.0. The first-order chi connectivity index (χ1) is 13.7. The molecule has 2 aromatic rings. The number of fused-ring (bicyclic) bond motifs is 2. The zero-order chi connectivity index (χ0) is 18.9. The Morgan fingerprint density at radius 3 is 3.07 bits per heavy atom. The largest absolute Gasteiger partial charge is 0.335 e. The van der Waals surface area contributed by atoms with Crippen molar-refractivity contribution in [1.29, 1.82) is 0 Å². The number of aliphatic imine (C=N–C) groups is 2. The summed E-state index contributed by atoms with van der Waals surface area (Å²) in [6.45, 7) is 3.89. The van der Waals surface area contributed by atoms with E-state index in [1.54, 1.807) is 23.5 Å². The number of hydrogen-bond donors (Lipinski definition) is 1. The van der Waals surface area contributed by atoms with Crippen LogP contribution < -0.4 is 5.32 Å². The molecule has 0 fully saturated rings. The van der Waals surface area contributed by atoms with E-state index in [0.29, 0.717) is 6.04 Å². The number of rotatable bonds is 4. The number of hydrogen-bond acceptors (Lipinski definition) is 6. The molecule has 0 saturated carbocycles. The van der Waals surface area contributed by atoms with E-state index in [0.717, 1.165) is 35.6 Å². The summed E-state index contributed by atoms with van der Waals surface area (Å²) in [5.41, 5.74) is 6.47. The van der Waals surface area contributed by atoms with Gasteiger partial charge in [0.2, 0.25) is 0 Å². The number of nitrogens with zero attached hydrogens (tertiary/aromatic N) is 3. The Morgan fingerprint density at radius 1 is 1.21 bits per heavy atom. The zero-order valence-corrected chi connectivity index (χ0v) is 17.4. The first kappa shape index (κ1) is 17.9. The topological polar surface area (TPSA) is 40.0 Å². The Hall–Kier alpha value is -2.18. The van der Waals surface area contributed by atoms with Crippen LogP contribution in [-0.4, -0.2) is 33.6 Å². The van der Waals surface area contributed by atoms with Gasteiger partial charge in [-0.3, -0.25) is 9.98 Å². The van der Waals surface area contributed by atoms with Gasteiger partial charge in [-0.25, -0.2) is 0 Å². The first-order valence-electron chi connectivity index (χ1n) is 9.53. The molecule has 5 rings (SSSR count). The summed E-state index contributed by atoms with van der Waals surface area (Å²) in [7, 11) is 0. The number of benzene rings is 2. The van der Waals surface area contributed by atoms with Crippen molar-refractivity contribution in [1.82, 2.24) is 4.90 Å². The lowest BCUT2D eigenvalue weighted by Crippen LogP contribution is -2.26. The van der Waals surface area contributed by atoms with Crippen molar-refractivity contribution in [2.75, 3.05) is 17.6 Å². The molecule has 3 heterocycles. The monoisotopic (exact) mass is 406 g/mol. The molecule has 1 atom stereocenters. The van der Waals surface area contributed by atoms with Crippen molar-refractivity contribution in [2.45, 2.75) is 25.9 Å². The number of nitrogens with one attached hydrogen (secondary N) is 1. The zero-order valence-electron chi connectivity index (χ0n) is 15.8. The van der Waals surface area contributed by atoms with Crippen LogP contribution >= 0.6 is 23.5 Å². The number of anilines is 1. The SMILES string of the molecule is Cc1cccc(CC2CN3C(CSC4=NCc5ccccc5N4)=CSC3=N2)c1. The molecular weight excluding hydrogens is 384 g/mol. The van der Waals surface area contributed by atoms with Crippen molar-refractivity contribution in [3.63, 3.8) is 0 Å². The molecule has 1 unspecified atom stereocenters. The second kappa shape index (κ2) is 7.68. The third kappa shape index (κ3) is 3.71. The summed E-state index contributed by atoms with van der Waals surface area (Å²) in [5, 5.41) is 7.85. The van der Waals surface area contributed by atoms with Crippen molar-refractivity contribution in [3.05, 3.63) is 76.3 Å². The highest BCUT2D eigenvalue weighted by Crippen LogP contribution is 2.34. The fraction of sp³-hybridized carbons (Fsp3) is 0.273. The number of thioether (sulfide) groups is 2. The molecule has 0 amide bonds. The van der Waals surface area contributed by atoms with Gasteiger partial charge >= 0.3 is 0 Å². The predicted molar refractivity (Wildman–Crippen MR) is 122 cm³/mol. The minimum atomic E-state index is 0.343. The Balaban J connectivity index is 1.18. The summed E-state index contributed by atoms with van der Waals surface area (Å²) in [5.74, 6) is 0.914. The van der Waals surface area contributed by atoms with E-state index < -0.39 is 0 Å². The fourth-order valence-corrected chi connectivity index (χ4v) is 5.67. The third-order valence-corrected chi connectivity index (χ3v) is 7.00. The van der Waals surface area contributed by atoms with Crippen LogP contribution in [0.1, 0.15) is 16.7 Å². The first-order valence-corrected chi connectivity index (χ1v) is 11.4. The standard InChI is InChI=1S/C22H22N4S2/c1-15-5-4-6-16(9-15)10-18-12-26-19(14-28-22(26)24-18)13-27-21-23-11-17-7-2-3-8-20(17)25-21/h2-9,14,18H,10-13H2,1H3,(H,23,25). The molecule has 0 bridgehead atoms. The molecule has 0 aromatic heterocycles. The van der Waals surface area contributed by atoms with Crippen molar-refractivity contribution in [3.8, 4) is 0 Å². The molecule has 6 heteroatoms. The van der Waals surface area contributed by atoms with Crippen LogP contribution in [0.5, 0.6) is 0 Å². The fourth-order valence-electron chi connectivity index (χ4n) is 3.72. The number of aryl methyl sites for hydroxylation is 1. The molecule has 28 heavy (non-hydrogen) atoms. The van der Waals surface area contributed by atoms with Gasteiger partial charge in [-0.05, 0) is 35.9 Å². The van der Waals surface area contributed by atoms with Crippen molar-refractivity contribution in [2.24, 2.45) is 9.98 Å². The van der Waals surface area contributed by atoms with Crippen molar-refractivity contribution < 1.29 is 0 Å². The van der Waals surface area contributed by atoms with E-state index in [1.165, 1.54) is 28.1 Å². The lowest BCUT2D eigenvalue weighted by atomic mass is 10.0. The molecule has 3 aliphatic heterocycles. The van der Waals surface area contributed by atoms with Crippen molar-refractivity contribution >= 4 is 39.5 Å². The molecule has 0 aliphatic carbocycles. The van der Waals surface area contributed by atoms with Crippen LogP contribution in [-0.2, 0) is 13.0 Å². The summed E-state index contributed by atoms with van der Waals surface area (Å²) < 4.78 is 0. The van der Waals surface area contributed by atoms with Crippen LogP contribution in [0.3, 0.4) is 0 Å². The summed E-state index contributed by atoms with van der Waals surface area (Å²) in [6, 6.07) is 17.5. The van der Waals surface area contributed by atoms with E-state index in [1.807, 2.05) is 0 Å². The second-order valence-corrected chi connectivity index (χ2v) is 9.09. The number of para-hydroxylation sites is 1. The number of amidine groups is 2. The molecule has 4 nitrogen and oxygen atoms in total.